The molecule has 0 saturated carbocycles. The highest BCUT2D eigenvalue weighted by atomic mass is 32.1. The fourth-order valence-electron chi connectivity index (χ4n) is 1.15. The molecule has 0 radical (unpaired) electrons. The maximum Gasteiger partial charge on any atom is 0.206 e. The Hall–Kier alpha value is -1.01. The summed E-state index contributed by atoms with van der Waals surface area (Å²) in [4.78, 5) is 4.25. The van der Waals surface area contributed by atoms with E-state index in [-0.39, 0.29) is 6.04 Å². The van der Waals surface area contributed by atoms with E-state index in [1.807, 2.05) is 10.9 Å². The van der Waals surface area contributed by atoms with Crippen LogP contribution in [0.4, 0.5) is 5.13 Å². The molecular formula is C9H12N4S2. The van der Waals surface area contributed by atoms with Gasteiger partial charge in [-0.1, -0.05) is 18.3 Å². The van der Waals surface area contributed by atoms with Crippen molar-refractivity contribution in [3.63, 3.8) is 0 Å². The molecular weight excluding hydrogens is 228 g/mol. The first-order valence-electron chi connectivity index (χ1n) is 4.76. The predicted octanol–water partition coefficient (Wildman–Crippen LogP) is 2.73. The first-order valence-corrected chi connectivity index (χ1v) is 6.52. The topological polar surface area (TPSA) is 50.7 Å². The first kappa shape index (κ1) is 10.5. The molecule has 0 aliphatic heterocycles. The van der Waals surface area contributed by atoms with Crippen LogP contribution in [0.5, 0.6) is 0 Å². The largest absolute Gasteiger partial charge is 0.352 e. The molecule has 0 saturated heterocycles. The SMILES string of the molecule is CCc1nnc(NC(C)c2cscn2)s1. The van der Waals surface area contributed by atoms with Crippen LogP contribution in [0.1, 0.15) is 30.6 Å². The van der Waals surface area contributed by atoms with Crippen LogP contribution in [-0.2, 0) is 6.42 Å². The minimum atomic E-state index is 0.189. The van der Waals surface area contributed by atoms with Crippen LogP contribution in [0.25, 0.3) is 0 Å². The van der Waals surface area contributed by atoms with Gasteiger partial charge in [0.25, 0.3) is 0 Å². The van der Waals surface area contributed by atoms with Gasteiger partial charge in [0.15, 0.2) is 0 Å². The minimum Gasteiger partial charge on any atom is -0.352 e. The molecule has 1 unspecified atom stereocenters. The molecule has 0 amide bonds. The van der Waals surface area contributed by atoms with Gasteiger partial charge in [0.05, 0.1) is 17.2 Å². The number of aryl methyl sites for hydroxylation is 1. The van der Waals surface area contributed by atoms with Gasteiger partial charge < -0.3 is 5.32 Å². The van der Waals surface area contributed by atoms with Crippen molar-refractivity contribution in [1.29, 1.82) is 0 Å². The second-order valence-corrected chi connectivity index (χ2v) is 4.91. The van der Waals surface area contributed by atoms with E-state index in [2.05, 4.69) is 34.3 Å². The quantitative estimate of drug-likeness (QED) is 0.892. The molecule has 1 N–H and O–H groups in total. The van der Waals surface area contributed by atoms with Gasteiger partial charge >= 0.3 is 0 Å². The number of nitrogens with one attached hydrogen (secondary N) is 1. The van der Waals surface area contributed by atoms with E-state index in [1.165, 1.54) is 0 Å². The lowest BCUT2D eigenvalue weighted by Crippen LogP contribution is -2.06. The third kappa shape index (κ3) is 2.51. The van der Waals surface area contributed by atoms with Gasteiger partial charge in [0, 0.05) is 5.38 Å². The Bertz CT molecular complexity index is 409. The predicted molar refractivity (Wildman–Crippen MR) is 63.4 cm³/mol. The molecule has 2 heterocycles. The maximum absolute atomic E-state index is 4.25. The summed E-state index contributed by atoms with van der Waals surface area (Å²) in [5.74, 6) is 0. The average Bonchev–Trinajstić information content (AvgIpc) is 2.87. The normalized spacial score (nSPS) is 12.7. The first-order chi connectivity index (χ1) is 7.29. The Kier molecular flexibility index (Phi) is 3.27. The summed E-state index contributed by atoms with van der Waals surface area (Å²) >= 11 is 3.21. The van der Waals surface area contributed by atoms with E-state index in [1.54, 1.807) is 22.7 Å². The van der Waals surface area contributed by atoms with Crippen molar-refractivity contribution in [2.75, 3.05) is 5.32 Å². The summed E-state index contributed by atoms with van der Waals surface area (Å²) in [6, 6.07) is 0.189. The van der Waals surface area contributed by atoms with Gasteiger partial charge in [-0.2, -0.15) is 0 Å². The summed E-state index contributed by atoms with van der Waals surface area (Å²) < 4.78 is 0. The van der Waals surface area contributed by atoms with E-state index in [4.69, 9.17) is 0 Å². The number of hydrogen-bond donors (Lipinski definition) is 1. The molecule has 2 aromatic rings. The standard InChI is InChI=1S/C9H12N4S2/c1-3-8-12-13-9(15-8)11-6(2)7-4-14-5-10-7/h4-6H,3H2,1-2H3,(H,11,13). The molecule has 0 spiro atoms. The highest BCUT2D eigenvalue weighted by Gasteiger charge is 2.09. The lowest BCUT2D eigenvalue weighted by molar-refractivity contribution is 0.840. The lowest BCUT2D eigenvalue weighted by Gasteiger charge is -2.08. The Balaban J connectivity index is 2.02. The monoisotopic (exact) mass is 240 g/mol. The molecule has 80 valence electrons. The fraction of sp³-hybridized carbons (Fsp3) is 0.444. The zero-order chi connectivity index (χ0) is 10.7. The zero-order valence-electron chi connectivity index (χ0n) is 8.60. The summed E-state index contributed by atoms with van der Waals surface area (Å²) in [6.45, 7) is 4.15. The molecule has 0 aromatic carbocycles. The van der Waals surface area contributed by atoms with Crippen LogP contribution in [0.15, 0.2) is 10.9 Å². The van der Waals surface area contributed by atoms with Crippen LogP contribution < -0.4 is 5.32 Å². The molecule has 2 rings (SSSR count). The van der Waals surface area contributed by atoms with Crippen LogP contribution in [0, 0.1) is 0 Å². The molecule has 4 nitrogen and oxygen atoms in total. The van der Waals surface area contributed by atoms with E-state index in [9.17, 15) is 0 Å². The van der Waals surface area contributed by atoms with E-state index >= 15 is 0 Å². The van der Waals surface area contributed by atoms with Crippen LogP contribution in [-0.4, -0.2) is 15.2 Å². The number of hydrogen-bond acceptors (Lipinski definition) is 6. The maximum atomic E-state index is 4.25. The van der Waals surface area contributed by atoms with Gasteiger partial charge in [0.1, 0.15) is 5.01 Å². The number of aromatic nitrogens is 3. The molecule has 0 aliphatic carbocycles. The summed E-state index contributed by atoms with van der Waals surface area (Å²) in [7, 11) is 0. The third-order valence-electron chi connectivity index (χ3n) is 2.00. The van der Waals surface area contributed by atoms with Gasteiger partial charge in [-0.25, -0.2) is 4.98 Å². The molecule has 6 heteroatoms. The van der Waals surface area contributed by atoms with Crippen molar-refractivity contribution in [2.24, 2.45) is 0 Å². The number of rotatable bonds is 4. The second kappa shape index (κ2) is 4.67. The Morgan fingerprint density at radius 3 is 2.93 bits per heavy atom. The van der Waals surface area contributed by atoms with Crippen molar-refractivity contribution < 1.29 is 0 Å². The highest BCUT2D eigenvalue weighted by Crippen LogP contribution is 2.22. The molecule has 0 bridgehead atoms. The van der Waals surface area contributed by atoms with Crippen molar-refractivity contribution in [3.8, 4) is 0 Å². The smallest absolute Gasteiger partial charge is 0.206 e. The number of thiazole rings is 1. The van der Waals surface area contributed by atoms with Crippen molar-refractivity contribution in [1.82, 2.24) is 15.2 Å². The molecule has 2 aromatic heterocycles. The van der Waals surface area contributed by atoms with Gasteiger partial charge in [0.2, 0.25) is 5.13 Å². The number of anilines is 1. The fourth-order valence-corrected chi connectivity index (χ4v) is 2.56. The van der Waals surface area contributed by atoms with Gasteiger partial charge in [-0.15, -0.1) is 21.5 Å². The molecule has 1 atom stereocenters. The Morgan fingerprint density at radius 1 is 1.47 bits per heavy atom. The minimum absolute atomic E-state index is 0.189. The second-order valence-electron chi connectivity index (χ2n) is 3.13. The molecule has 0 fully saturated rings. The van der Waals surface area contributed by atoms with Gasteiger partial charge in [-0.05, 0) is 13.3 Å². The third-order valence-corrected chi connectivity index (χ3v) is 3.61. The molecule has 0 aliphatic rings. The van der Waals surface area contributed by atoms with Crippen molar-refractivity contribution in [2.45, 2.75) is 26.3 Å². The Labute approximate surface area is 96.4 Å². The summed E-state index contributed by atoms with van der Waals surface area (Å²) in [5.41, 5.74) is 2.89. The van der Waals surface area contributed by atoms with Crippen LogP contribution in [0.2, 0.25) is 0 Å². The van der Waals surface area contributed by atoms with Crippen molar-refractivity contribution >= 4 is 27.8 Å². The molecule has 15 heavy (non-hydrogen) atoms. The van der Waals surface area contributed by atoms with Gasteiger partial charge in [-0.3, -0.25) is 0 Å². The summed E-state index contributed by atoms with van der Waals surface area (Å²) in [5, 5.41) is 15.4. The lowest BCUT2D eigenvalue weighted by atomic mass is 10.3. The Morgan fingerprint density at radius 2 is 2.33 bits per heavy atom. The van der Waals surface area contributed by atoms with Crippen LogP contribution >= 0.6 is 22.7 Å². The average molecular weight is 240 g/mol. The van der Waals surface area contributed by atoms with E-state index in [0.717, 1.165) is 22.3 Å². The summed E-state index contributed by atoms with van der Waals surface area (Å²) in [6.07, 6.45) is 0.935. The van der Waals surface area contributed by atoms with E-state index in [0.29, 0.717) is 0 Å². The highest BCUT2D eigenvalue weighted by molar-refractivity contribution is 7.15. The van der Waals surface area contributed by atoms with Crippen LogP contribution in [0.3, 0.4) is 0 Å². The van der Waals surface area contributed by atoms with Crippen molar-refractivity contribution in [3.05, 3.63) is 21.6 Å². The zero-order valence-corrected chi connectivity index (χ0v) is 10.2. The van der Waals surface area contributed by atoms with E-state index < -0.39 is 0 Å². The number of nitrogens with zero attached hydrogens (tertiary/aromatic N) is 3.